The summed E-state index contributed by atoms with van der Waals surface area (Å²) in [5.74, 6) is 1.66. The first-order valence-corrected chi connectivity index (χ1v) is 9.77. The van der Waals surface area contributed by atoms with E-state index < -0.39 is 0 Å². The number of fused-ring (bicyclic) bond motifs is 1. The number of aromatic nitrogens is 4. The molecule has 0 unspecified atom stereocenters. The van der Waals surface area contributed by atoms with Crippen LogP contribution in [0, 0.1) is 0 Å². The summed E-state index contributed by atoms with van der Waals surface area (Å²) >= 11 is 7.67. The highest BCUT2D eigenvalue weighted by Gasteiger charge is 2.14. The van der Waals surface area contributed by atoms with E-state index in [2.05, 4.69) is 50.9 Å². The lowest BCUT2D eigenvalue weighted by Gasteiger charge is -2.08. The zero-order chi connectivity index (χ0) is 17.9. The molecule has 0 N–H and O–H groups in total. The fourth-order valence-electron chi connectivity index (χ4n) is 2.92. The molecule has 0 fully saturated rings. The number of thioether (sulfide) groups is 1. The van der Waals surface area contributed by atoms with E-state index in [1.807, 2.05) is 36.5 Å². The van der Waals surface area contributed by atoms with E-state index >= 15 is 0 Å². The number of benzene rings is 2. The predicted molar refractivity (Wildman–Crippen MR) is 107 cm³/mol. The molecule has 2 aromatic heterocycles. The molecule has 0 aliphatic carbocycles. The maximum atomic E-state index is 5.99. The van der Waals surface area contributed by atoms with Gasteiger partial charge in [0.15, 0.2) is 11.0 Å². The molecule has 2 aromatic carbocycles. The number of rotatable bonds is 5. The topological polar surface area (TPSA) is 43.6 Å². The van der Waals surface area contributed by atoms with Crippen LogP contribution in [0.15, 0.2) is 66.0 Å². The maximum absolute atomic E-state index is 5.99. The number of hydrogen-bond donors (Lipinski definition) is 0. The van der Waals surface area contributed by atoms with Gasteiger partial charge in [0.25, 0.3) is 0 Å². The molecular formula is C20H17ClN4S. The van der Waals surface area contributed by atoms with Crippen molar-refractivity contribution in [1.29, 1.82) is 0 Å². The van der Waals surface area contributed by atoms with Crippen LogP contribution in [0.5, 0.6) is 0 Å². The lowest BCUT2D eigenvalue weighted by Crippen LogP contribution is -2.00. The lowest BCUT2D eigenvalue weighted by atomic mass is 10.1. The van der Waals surface area contributed by atoms with Gasteiger partial charge in [-0.25, -0.2) is 0 Å². The van der Waals surface area contributed by atoms with Crippen LogP contribution in [-0.4, -0.2) is 19.7 Å². The first-order valence-electron chi connectivity index (χ1n) is 8.41. The third kappa shape index (κ3) is 3.32. The summed E-state index contributed by atoms with van der Waals surface area (Å²) in [6.45, 7) is 2.91. The monoisotopic (exact) mass is 380 g/mol. The largest absolute Gasteiger partial charge is 0.302 e. The summed E-state index contributed by atoms with van der Waals surface area (Å²) < 4.78 is 2.13. The fourth-order valence-corrected chi connectivity index (χ4v) is 4.03. The normalized spacial score (nSPS) is 11.2. The Morgan fingerprint density at radius 2 is 1.81 bits per heavy atom. The quantitative estimate of drug-likeness (QED) is 0.431. The Hall–Kier alpha value is -2.37. The van der Waals surface area contributed by atoms with Crippen molar-refractivity contribution >= 4 is 34.3 Å². The Morgan fingerprint density at radius 3 is 2.62 bits per heavy atom. The highest BCUT2D eigenvalue weighted by atomic mass is 35.5. The third-order valence-corrected chi connectivity index (χ3v) is 5.48. The summed E-state index contributed by atoms with van der Waals surface area (Å²) in [4.78, 5) is 4.53. The van der Waals surface area contributed by atoms with Crippen molar-refractivity contribution in [2.24, 2.45) is 0 Å². The first kappa shape index (κ1) is 17.1. The third-order valence-electron chi connectivity index (χ3n) is 4.21. The van der Waals surface area contributed by atoms with Crippen molar-refractivity contribution < 1.29 is 0 Å². The molecule has 2 heterocycles. The average Bonchev–Trinajstić information content (AvgIpc) is 3.09. The number of pyridine rings is 1. The number of halogens is 1. The van der Waals surface area contributed by atoms with E-state index in [0.29, 0.717) is 0 Å². The Bertz CT molecular complexity index is 1040. The fraction of sp³-hybridized carbons (Fsp3) is 0.150. The average molecular weight is 381 g/mol. The smallest absolute Gasteiger partial charge is 0.191 e. The van der Waals surface area contributed by atoms with E-state index in [-0.39, 0.29) is 0 Å². The summed E-state index contributed by atoms with van der Waals surface area (Å²) in [6.07, 6.45) is 1.84. The molecule has 0 bridgehead atoms. The van der Waals surface area contributed by atoms with Crippen LogP contribution in [-0.2, 0) is 12.3 Å². The molecule has 6 heteroatoms. The van der Waals surface area contributed by atoms with Crippen LogP contribution in [0.4, 0.5) is 0 Å². The van der Waals surface area contributed by atoms with Gasteiger partial charge in [-0.2, -0.15) is 0 Å². The molecule has 4 nitrogen and oxygen atoms in total. The van der Waals surface area contributed by atoms with Crippen LogP contribution >= 0.6 is 23.4 Å². The van der Waals surface area contributed by atoms with E-state index in [9.17, 15) is 0 Å². The molecule has 0 atom stereocenters. The molecule has 4 rings (SSSR count). The minimum atomic E-state index is 0.717. The van der Waals surface area contributed by atoms with Crippen LogP contribution in [0.1, 0.15) is 12.5 Å². The van der Waals surface area contributed by atoms with Crippen molar-refractivity contribution in [2.75, 3.05) is 0 Å². The molecule has 0 amide bonds. The van der Waals surface area contributed by atoms with Gasteiger partial charge in [-0.3, -0.25) is 4.98 Å². The second kappa shape index (κ2) is 7.48. The molecule has 0 aliphatic rings. The van der Waals surface area contributed by atoms with E-state index in [0.717, 1.165) is 44.8 Å². The van der Waals surface area contributed by atoms with Gasteiger partial charge >= 0.3 is 0 Å². The van der Waals surface area contributed by atoms with E-state index in [4.69, 9.17) is 11.6 Å². The molecule has 4 aromatic rings. The Kier molecular flexibility index (Phi) is 4.91. The van der Waals surface area contributed by atoms with Gasteiger partial charge in [-0.05, 0) is 42.8 Å². The molecule has 0 spiro atoms. The molecule has 26 heavy (non-hydrogen) atoms. The van der Waals surface area contributed by atoms with Gasteiger partial charge < -0.3 is 4.57 Å². The van der Waals surface area contributed by atoms with Gasteiger partial charge in [0.2, 0.25) is 0 Å². The Morgan fingerprint density at radius 1 is 1.00 bits per heavy atom. The second-order valence-corrected chi connectivity index (χ2v) is 7.22. The Labute approximate surface area is 161 Å². The maximum Gasteiger partial charge on any atom is 0.191 e. The first-order chi connectivity index (χ1) is 12.8. The summed E-state index contributed by atoms with van der Waals surface area (Å²) in [5.41, 5.74) is 3.26. The van der Waals surface area contributed by atoms with Gasteiger partial charge in [0.05, 0.1) is 5.52 Å². The molecule has 0 aliphatic heterocycles. The van der Waals surface area contributed by atoms with Crippen molar-refractivity contribution in [3.63, 3.8) is 0 Å². The van der Waals surface area contributed by atoms with Crippen LogP contribution in [0.25, 0.3) is 22.3 Å². The van der Waals surface area contributed by atoms with Crippen molar-refractivity contribution in [1.82, 2.24) is 19.7 Å². The zero-order valence-electron chi connectivity index (χ0n) is 14.3. The molecule has 0 radical (unpaired) electrons. The SMILES string of the molecule is CCn1c(SCc2cccc3cccnc23)nnc1-c1ccc(Cl)cc1. The summed E-state index contributed by atoms with van der Waals surface area (Å²) in [5, 5.41) is 11.6. The van der Waals surface area contributed by atoms with Gasteiger partial charge in [0, 0.05) is 34.5 Å². The van der Waals surface area contributed by atoms with Crippen LogP contribution in [0.3, 0.4) is 0 Å². The second-order valence-electron chi connectivity index (χ2n) is 5.84. The van der Waals surface area contributed by atoms with Crippen molar-refractivity contribution in [2.45, 2.75) is 24.4 Å². The number of nitrogens with zero attached hydrogens (tertiary/aromatic N) is 4. The van der Waals surface area contributed by atoms with E-state index in [1.165, 1.54) is 5.56 Å². The van der Waals surface area contributed by atoms with E-state index in [1.54, 1.807) is 11.8 Å². The summed E-state index contributed by atoms with van der Waals surface area (Å²) in [7, 11) is 0. The van der Waals surface area contributed by atoms with Crippen LogP contribution in [0.2, 0.25) is 5.02 Å². The summed E-state index contributed by atoms with van der Waals surface area (Å²) in [6, 6.07) is 18.0. The van der Waals surface area contributed by atoms with Crippen molar-refractivity contribution in [3.05, 3.63) is 71.4 Å². The number of para-hydroxylation sites is 1. The van der Waals surface area contributed by atoms with Gasteiger partial charge in [-0.1, -0.05) is 47.6 Å². The van der Waals surface area contributed by atoms with Crippen LogP contribution < -0.4 is 0 Å². The molecular weight excluding hydrogens is 364 g/mol. The standard InChI is InChI=1S/C20H17ClN4S/c1-2-25-19(15-8-10-17(21)11-9-15)23-24-20(25)26-13-16-6-3-5-14-7-4-12-22-18(14)16/h3-12H,2,13H2,1H3. The molecule has 0 saturated carbocycles. The zero-order valence-corrected chi connectivity index (χ0v) is 15.8. The predicted octanol–water partition coefficient (Wildman–Crippen LogP) is 5.46. The molecule has 0 saturated heterocycles. The van der Waals surface area contributed by atoms with Crippen molar-refractivity contribution in [3.8, 4) is 11.4 Å². The molecule has 130 valence electrons. The minimum Gasteiger partial charge on any atom is -0.302 e. The number of hydrogen-bond acceptors (Lipinski definition) is 4. The Balaban J connectivity index is 1.61. The highest BCUT2D eigenvalue weighted by Crippen LogP contribution is 2.28. The van der Waals surface area contributed by atoms with Gasteiger partial charge in [0.1, 0.15) is 0 Å². The lowest BCUT2D eigenvalue weighted by molar-refractivity contribution is 0.687. The van der Waals surface area contributed by atoms with Gasteiger partial charge in [-0.15, -0.1) is 10.2 Å². The highest BCUT2D eigenvalue weighted by molar-refractivity contribution is 7.98. The minimum absolute atomic E-state index is 0.717.